The summed E-state index contributed by atoms with van der Waals surface area (Å²) in [5, 5.41) is 0. The summed E-state index contributed by atoms with van der Waals surface area (Å²) in [5.74, 6) is 11.3. The fraction of sp³-hybridized carbons (Fsp3) is 0.667. The molecule has 0 aromatic carbocycles. The monoisotopic (exact) mass is 648 g/mol. The standard InChI is InChI=1S/2C11H15.C2H6Ge.2ClH.Hf/c2*1-2-9-7-10-5-3-4-6-11(10)8-9;1-3-2;;;/h2*3-7,9-11H,2,8H2,1H3;1-2H3;2*1H;/q;;;;;+2/p-2. The molecule has 4 rings (SSSR count). The molecular formula is C24H36Cl2GeHf. The zero-order valence-corrected chi connectivity index (χ0v) is 25.0. The maximum Gasteiger partial charge on any atom is -1.00 e. The van der Waals surface area contributed by atoms with Crippen molar-refractivity contribution in [2.24, 2.45) is 35.5 Å². The number of rotatable bonds is 4. The van der Waals surface area contributed by atoms with E-state index in [0.717, 1.165) is 35.5 Å². The van der Waals surface area contributed by atoms with Crippen LogP contribution >= 0.6 is 0 Å². The number of halogens is 2. The van der Waals surface area contributed by atoms with Crippen molar-refractivity contribution in [1.82, 2.24) is 0 Å². The van der Waals surface area contributed by atoms with Crippen LogP contribution in [0.25, 0.3) is 0 Å². The molecule has 4 aliphatic carbocycles. The van der Waals surface area contributed by atoms with Gasteiger partial charge in [0.1, 0.15) is 0 Å². The van der Waals surface area contributed by atoms with Crippen molar-refractivity contribution < 1.29 is 43.2 Å². The number of hydrogen-bond acceptors (Lipinski definition) is 0. The van der Waals surface area contributed by atoms with Crippen molar-refractivity contribution in [1.29, 1.82) is 0 Å². The Kier molecular flexibility index (Phi) is 9.91. The molecule has 0 N–H and O–H groups in total. The first-order chi connectivity index (χ1) is 12.7. The van der Waals surface area contributed by atoms with Crippen molar-refractivity contribution in [3.63, 3.8) is 0 Å². The van der Waals surface area contributed by atoms with Crippen LogP contribution in [0.5, 0.6) is 0 Å². The van der Waals surface area contributed by atoms with Gasteiger partial charge in [-0.2, -0.15) is 0 Å². The topological polar surface area (TPSA) is 0 Å². The first kappa shape index (κ1) is 25.2. The molecule has 154 valence electrons. The van der Waals surface area contributed by atoms with Crippen LogP contribution in [-0.4, -0.2) is 10.1 Å². The summed E-state index contributed by atoms with van der Waals surface area (Å²) in [6, 6.07) is 0. The minimum Gasteiger partial charge on any atom is -1.00 e. The van der Waals surface area contributed by atoms with Gasteiger partial charge in [-0.15, -0.1) is 0 Å². The van der Waals surface area contributed by atoms with E-state index in [-0.39, 0.29) is 24.8 Å². The smallest absolute Gasteiger partial charge is 1.00 e. The molecule has 0 nitrogen and oxygen atoms in total. The zero-order chi connectivity index (χ0) is 18.3. The Balaban J connectivity index is 0.00000140. The molecule has 0 amide bonds. The molecule has 4 heteroatoms. The molecule has 8 atom stereocenters. The van der Waals surface area contributed by atoms with E-state index in [1.54, 1.807) is 0 Å². The van der Waals surface area contributed by atoms with E-state index in [1.807, 2.05) is 0 Å². The average Bonchev–Trinajstić information content (AvgIpc) is 3.21. The summed E-state index contributed by atoms with van der Waals surface area (Å²) in [6.45, 7) is 4.99. The molecule has 2 fully saturated rings. The van der Waals surface area contributed by atoms with Crippen molar-refractivity contribution in [2.75, 3.05) is 0 Å². The van der Waals surface area contributed by atoms with Gasteiger partial charge < -0.3 is 24.8 Å². The molecule has 0 aliphatic heterocycles. The van der Waals surface area contributed by atoms with Gasteiger partial charge in [0.05, 0.1) is 0 Å². The predicted molar refractivity (Wildman–Crippen MR) is 112 cm³/mol. The van der Waals surface area contributed by atoms with Crippen LogP contribution in [0.3, 0.4) is 0 Å². The van der Waals surface area contributed by atoms with E-state index < -0.39 is 28.4 Å². The van der Waals surface area contributed by atoms with Crippen LogP contribution in [-0.2, 0) is 18.3 Å². The van der Waals surface area contributed by atoms with Gasteiger partial charge in [-0.3, -0.25) is 0 Å². The minimum absolute atomic E-state index is 0. The fourth-order valence-corrected chi connectivity index (χ4v) is 62.7. The second-order valence-corrected chi connectivity index (χ2v) is 50.2. The summed E-state index contributed by atoms with van der Waals surface area (Å²) in [4.78, 5) is 0. The first-order valence-corrected chi connectivity index (χ1v) is 29.8. The summed E-state index contributed by atoms with van der Waals surface area (Å²) >= 11 is -1.71. The van der Waals surface area contributed by atoms with Gasteiger partial charge in [-0.1, -0.05) is 0 Å². The Labute approximate surface area is 194 Å². The van der Waals surface area contributed by atoms with Crippen LogP contribution in [0.2, 0.25) is 18.9 Å². The largest absolute Gasteiger partial charge is 1.00 e. The molecule has 4 aliphatic rings. The third-order valence-electron chi connectivity index (χ3n) is 7.93. The molecule has 0 spiro atoms. The van der Waals surface area contributed by atoms with E-state index in [9.17, 15) is 0 Å². The Morgan fingerprint density at radius 3 is 1.46 bits per heavy atom. The first-order valence-electron chi connectivity index (χ1n) is 11.0. The van der Waals surface area contributed by atoms with Gasteiger partial charge >= 0.3 is 171 Å². The quantitative estimate of drug-likeness (QED) is 0.401. The Bertz CT molecular complexity index is 637. The summed E-state index contributed by atoms with van der Waals surface area (Å²) in [7, 11) is -0.838. The van der Waals surface area contributed by atoms with Gasteiger partial charge in [-0.05, 0) is 0 Å². The van der Waals surface area contributed by atoms with Gasteiger partial charge in [0.15, 0.2) is 0 Å². The Morgan fingerprint density at radius 1 is 0.714 bits per heavy atom. The molecule has 2 saturated carbocycles. The van der Waals surface area contributed by atoms with E-state index in [1.165, 1.54) is 33.0 Å². The maximum absolute atomic E-state index is 2.78. The van der Waals surface area contributed by atoms with Crippen LogP contribution in [0.4, 0.5) is 0 Å². The molecule has 0 radical (unpaired) electrons. The van der Waals surface area contributed by atoms with E-state index in [4.69, 9.17) is 0 Å². The predicted octanol–water partition coefficient (Wildman–Crippen LogP) is 1.02. The Morgan fingerprint density at radius 2 is 1.11 bits per heavy atom. The third kappa shape index (κ3) is 4.58. The number of fused-ring (bicyclic) bond motifs is 2. The molecule has 0 saturated heterocycles. The van der Waals surface area contributed by atoms with Gasteiger partial charge in [0.2, 0.25) is 0 Å². The summed E-state index contributed by atoms with van der Waals surface area (Å²) < 4.78 is 2.33. The van der Waals surface area contributed by atoms with Crippen LogP contribution in [0.15, 0.2) is 48.6 Å². The van der Waals surface area contributed by atoms with Crippen molar-refractivity contribution in [3.05, 3.63) is 48.6 Å². The second-order valence-electron chi connectivity index (χ2n) is 9.34. The molecule has 28 heavy (non-hydrogen) atoms. The van der Waals surface area contributed by atoms with Gasteiger partial charge in [0.25, 0.3) is 0 Å². The van der Waals surface area contributed by atoms with E-state index in [0.29, 0.717) is 0 Å². The second kappa shape index (κ2) is 11.0. The van der Waals surface area contributed by atoms with Crippen LogP contribution < -0.4 is 24.8 Å². The molecule has 0 aromatic rings. The van der Waals surface area contributed by atoms with Crippen molar-refractivity contribution in [2.45, 2.75) is 58.4 Å². The minimum atomic E-state index is -1.71. The molecule has 0 aromatic heterocycles. The van der Waals surface area contributed by atoms with Gasteiger partial charge in [-0.25, -0.2) is 0 Å². The van der Waals surface area contributed by atoms with Crippen LogP contribution in [0, 0.1) is 35.5 Å². The molecular weight excluding hydrogens is 610 g/mol. The molecule has 8 unspecified atom stereocenters. The molecule has 0 bridgehead atoms. The fourth-order valence-electron chi connectivity index (χ4n) is 6.86. The third-order valence-corrected chi connectivity index (χ3v) is 54.7. The normalized spacial score (nSPS) is 39.4. The zero-order valence-electron chi connectivity index (χ0n) is 17.8. The van der Waals surface area contributed by atoms with E-state index in [2.05, 4.69) is 74.0 Å². The Hall–Kier alpha value is 0.953. The van der Waals surface area contributed by atoms with E-state index >= 15 is 0 Å². The molecule has 0 heterocycles. The average molecular weight is 647 g/mol. The van der Waals surface area contributed by atoms with Gasteiger partial charge in [0, 0.05) is 0 Å². The maximum atomic E-state index is 2.78. The summed E-state index contributed by atoms with van der Waals surface area (Å²) in [6.07, 6.45) is 25.8. The SMILES string of the molecule is CCC1CC2C=CC=CC2[CH]1[Hf+2]([CH]1C(CC)CC2C=CC=CC21)=[Ge]([CH3])[CH3].[Cl-].[Cl-]. The van der Waals surface area contributed by atoms with Crippen molar-refractivity contribution in [3.8, 4) is 0 Å². The number of allylic oxidation sites excluding steroid dienone is 8. The number of hydrogen-bond donors (Lipinski definition) is 0. The summed E-state index contributed by atoms with van der Waals surface area (Å²) in [5.41, 5.74) is 0. The van der Waals surface area contributed by atoms with Crippen molar-refractivity contribution >= 4 is 10.1 Å². The van der Waals surface area contributed by atoms with Crippen LogP contribution in [0.1, 0.15) is 39.5 Å².